The number of methoxy groups -OCH3 is 2. The van der Waals surface area contributed by atoms with Crippen molar-refractivity contribution in [3.63, 3.8) is 0 Å². The lowest BCUT2D eigenvalue weighted by Crippen LogP contribution is -2.39. The van der Waals surface area contributed by atoms with E-state index in [0.717, 1.165) is 32.5 Å². The number of hydrogen-bond acceptors (Lipinski definition) is 6. The van der Waals surface area contributed by atoms with Gasteiger partial charge in [-0.25, -0.2) is 13.8 Å². The summed E-state index contributed by atoms with van der Waals surface area (Å²) in [5, 5.41) is 4.15. The minimum Gasteiger partial charge on any atom is -0.497 e. The first kappa shape index (κ1) is 30.4. The van der Waals surface area contributed by atoms with Gasteiger partial charge in [0.15, 0.2) is 0 Å². The Kier molecular flexibility index (Phi) is 9.06. The number of anilines is 1. The fourth-order valence-electron chi connectivity index (χ4n) is 4.65. The van der Waals surface area contributed by atoms with Crippen LogP contribution in [0, 0.1) is 34.6 Å². The molecule has 0 spiro atoms. The number of sulfonamides is 1. The summed E-state index contributed by atoms with van der Waals surface area (Å²) in [7, 11) is -1.22. The molecular formula is C32H36N4O5S. The minimum absolute atomic E-state index is 0.0426. The molecule has 10 heteroatoms. The Hall–Kier alpha value is -4.57. The van der Waals surface area contributed by atoms with E-state index in [9.17, 15) is 13.2 Å². The fourth-order valence-corrected chi connectivity index (χ4v) is 6.08. The molecule has 220 valence electrons. The van der Waals surface area contributed by atoms with Gasteiger partial charge in [0, 0.05) is 28.7 Å². The van der Waals surface area contributed by atoms with Gasteiger partial charge in [-0.2, -0.15) is 5.10 Å². The maximum Gasteiger partial charge on any atom is 0.264 e. The summed E-state index contributed by atoms with van der Waals surface area (Å²) in [6.07, 6.45) is 1.56. The molecular weight excluding hydrogens is 552 g/mol. The Morgan fingerprint density at radius 3 is 2.26 bits per heavy atom. The zero-order valence-corrected chi connectivity index (χ0v) is 25.7. The fraction of sp³-hybridized carbons (Fsp3) is 0.250. The van der Waals surface area contributed by atoms with Crippen LogP contribution in [0.5, 0.6) is 11.5 Å². The van der Waals surface area contributed by atoms with Crippen molar-refractivity contribution in [3.05, 3.63) is 100 Å². The molecule has 0 aliphatic carbocycles. The van der Waals surface area contributed by atoms with Crippen LogP contribution in [0.25, 0.3) is 5.69 Å². The molecule has 1 N–H and O–H groups in total. The normalized spacial score (nSPS) is 11.5. The molecule has 1 amide bonds. The molecule has 3 aromatic carbocycles. The second-order valence-electron chi connectivity index (χ2n) is 10.1. The Labute approximate surface area is 247 Å². The molecule has 9 nitrogen and oxygen atoms in total. The first-order valence-corrected chi connectivity index (χ1v) is 14.8. The lowest BCUT2D eigenvalue weighted by molar-refractivity contribution is -0.119. The van der Waals surface area contributed by atoms with Crippen LogP contribution >= 0.6 is 0 Å². The maximum absolute atomic E-state index is 13.8. The molecule has 0 fully saturated rings. The van der Waals surface area contributed by atoms with E-state index < -0.39 is 22.5 Å². The zero-order chi connectivity index (χ0) is 30.6. The van der Waals surface area contributed by atoms with E-state index in [2.05, 4.69) is 47.1 Å². The Morgan fingerprint density at radius 1 is 0.905 bits per heavy atom. The summed E-state index contributed by atoms with van der Waals surface area (Å²) in [5.74, 6) is 0.0960. The molecule has 0 aliphatic heterocycles. The number of hydrogen-bond donors (Lipinski definition) is 1. The average Bonchev–Trinajstić information content (AvgIpc) is 3.25. The number of carbonyl (C=O) groups excluding carboxylic acids is 1. The lowest BCUT2D eigenvalue weighted by atomic mass is 10.1. The van der Waals surface area contributed by atoms with Crippen molar-refractivity contribution in [2.45, 2.75) is 39.5 Å². The second-order valence-corrected chi connectivity index (χ2v) is 11.9. The molecule has 0 saturated carbocycles. The van der Waals surface area contributed by atoms with E-state index in [4.69, 9.17) is 9.47 Å². The summed E-state index contributed by atoms with van der Waals surface area (Å²) in [6.45, 7) is 9.48. The highest BCUT2D eigenvalue weighted by atomic mass is 32.2. The molecule has 0 atom stereocenters. The van der Waals surface area contributed by atoms with Crippen molar-refractivity contribution in [1.82, 2.24) is 9.99 Å². The Bertz CT molecular complexity index is 1740. The van der Waals surface area contributed by atoms with Gasteiger partial charge >= 0.3 is 0 Å². The minimum atomic E-state index is -4.15. The molecule has 1 aromatic heterocycles. The number of rotatable bonds is 10. The summed E-state index contributed by atoms with van der Waals surface area (Å²) in [4.78, 5) is 13.2. The molecule has 1 heterocycles. The highest BCUT2D eigenvalue weighted by Crippen LogP contribution is 2.35. The largest absolute Gasteiger partial charge is 0.497 e. The Morgan fingerprint density at radius 2 is 1.62 bits per heavy atom. The van der Waals surface area contributed by atoms with Crippen LogP contribution in [0.1, 0.15) is 33.6 Å². The van der Waals surface area contributed by atoms with Crippen molar-refractivity contribution in [2.75, 3.05) is 25.1 Å². The summed E-state index contributed by atoms with van der Waals surface area (Å²) in [6, 6.07) is 19.4. The predicted molar refractivity (Wildman–Crippen MR) is 166 cm³/mol. The van der Waals surface area contributed by atoms with Crippen molar-refractivity contribution < 1.29 is 22.7 Å². The number of nitrogens with one attached hydrogen (secondary N) is 1. The molecule has 4 rings (SSSR count). The quantitative estimate of drug-likeness (QED) is 0.198. The highest BCUT2D eigenvalue weighted by Gasteiger charge is 2.29. The second kappa shape index (κ2) is 12.5. The molecule has 0 saturated heterocycles. The molecule has 0 radical (unpaired) electrons. The van der Waals surface area contributed by atoms with Gasteiger partial charge < -0.3 is 14.0 Å². The number of carbonyl (C=O) groups is 1. The molecule has 0 bridgehead atoms. The van der Waals surface area contributed by atoms with E-state index in [1.54, 1.807) is 36.5 Å². The van der Waals surface area contributed by atoms with Gasteiger partial charge in [-0.3, -0.25) is 9.10 Å². The predicted octanol–water partition coefficient (Wildman–Crippen LogP) is 5.38. The number of amides is 1. The van der Waals surface area contributed by atoms with Crippen LogP contribution in [0.3, 0.4) is 0 Å². The SMILES string of the molecule is COc1ccc(N(CC(=O)N/N=C\c2cc(C)n(-c3ccc(C)c(C)c3)c2C)S(=O)(=O)c2ccc(C)cc2)c(OC)c1. The van der Waals surface area contributed by atoms with E-state index in [0.29, 0.717) is 5.75 Å². The number of benzene rings is 3. The highest BCUT2D eigenvalue weighted by molar-refractivity contribution is 7.92. The molecule has 0 aliphatic rings. The first-order valence-electron chi connectivity index (χ1n) is 13.4. The number of nitrogens with zero attached hydrogens (tertiary/aromatic N) is 3. The van der Waals surface area contributed by atoms with Crippen LogP contribution in [-0.4, -0.2) is 45.9 Å². The topological polar surface area (TPSA) is 102 Å². The van der Waals surface area contributed by atoms with Crippen LogP contribution in [0.4, 0.5) is 5.69 Å². The van der Waals surface area contributed by atoms with Crippen molar-refractivity contribution in [3.8, 4) is 17.2 Å². The standard InChI is InChI=1S/C32H36N4O5S/c1-21-8-13-29(14-9-21)42(38,39)35(30-15-12-28(40-6)18-31(30)41-7)20-32(37)34-33-19-26-17-24(4)36(25(26)5)27-11-10-22(2)23(3)16-27/h8-19H,20H2,1-7H3,(H,34,37)/b33-19-. The van der Waals surface area contributed by atoms with E-state index in [-0.39, 0.29) is 16.3 Å². The van der Waals surface area contributed by atoms with Crippen LogP contribution in [0.2, 0.25) is 0 Å². The molecule has 42 heavy (non-hydrogen) atoms. The number of aromatic nitrogens is 1. The summed E-state index contributed by atoms with van der Waals surface area (Å²) in [5.41, 5.74) is 9.85. The lowest BCUT2D eigenvalue weighted by Gasteiger charge is -2.25. The number of ether oxygens (including phenoxy) is 2. The third-order valence-electron chi connectivity index (χ3n) is 7.16. The molecule has 4 aromatic rings. The van der Waals surface area contributed by atoms with Crippen LogP contribution in [-0.2, 0) is 14.8 Å². The van der Waals surface area contributed by atoms with Gasteiger partial charge in [0.05, 0.1) is 31.0 Å². The zero-order valence-electron chi connectivity index (χ0n) is 24.9. The van der Waals surface area contributed by atoms with Gasteiger partial charge in [-0.15, -0.1) is 0 Å². The van der Waals surface area contributed by atoms with Gasteiger partial charge in [-0.05, 0) is 88.2 Å². The van der Waals surface area contributed by atoms with Crippen molar-refractivity contribution >= 4 is 27.8 Å². The number of aryl methyl sites for hydroxylation is 4. The van der Waals surface area contributed by atoms with Crippen molar-refractivity contribution in [2.24, 2.45) is 5.10 Å². The average molecular weight is 589 g/mol. The van der Waals surface area contributed by atoms with E-state index >= 15 is 0 Å². The van der Waals surface area contributed by atoms with Gasteiger partial charge in [0.2, 0.25) is 0 Å². The Balaban J connectivity index is 1.61. The van der Waals surface area contributed by atoms with Crippen LogP contribution < -0.4 is 19.2 Å². The maximum atomic E-state index is 13.8. The smallest absolute Gasteiger partial charge is 0.264 e. The number of hydrazone groups is 1. The summed E-state index contributed by atoms with van der Waals surface area (Å²) >= 11 is 0. The van der Waals surface area contributed by atoms with Gasteiger partial charge in [-0.1, -0.05) is 23.8 Å². The van der Waals surface area contributed by atoms with E-state index in [1.807, 2.05) is 26.8 Å². The van der Waals surface area contributed by atoms with E-state index in [1.165, 1.54) is 37.5 Å². The first-order chi connectivity index (χ1) is 20.0. The third-order valence-corrected chi connectivity index (χ3v) is 8.94. The summed E-state index contributed by atoms with van der Waals surface area (Å²) < 4.78 is 41.4. The van der Waals surface area contributed by atoms with Gasteiger partial charge in [0.25, 0.3) is 15.9 Å². The monoisotopic (exact) mass is 588 g/mol. The van der Waals surface area contributed by atoms with Gasteiger partial charge in [0.1, 0.15) is 18.0 Å². The third kappa shape index (κ3) is 6.33. The van der Waals surface area contributed by atoms with Crippen molar-refractivity contribution in [1.29, 1.82) is 0 Å². The van der Waals surface area contributed by atoms with Crippen LogP contribution in [0.15, 0.2) is 76.7 Å². The molecule has 0 unspecified atom stereocenters.